The van der Waals surface area contributed by atoms with Gasteiger partial charge in [0, 0.05) is 17.6 Å². The predicted molar refractivity (Wildman–Crippen MR) is 59.4 cm³/mol. The molecule has 0 unspecified atom stereocenters. The van der Waals surface area contributed by atoms with Gasteiger partial charge < -0.3 is 9.64 Å². The van der Waals surface area contributed by atoms with Crippen LogP contribution in [0.2, 0.25) is 5.02 Å². The fourth-order valence-corrected chi connectivity index (χ4v) is 2.11. The molecule has 0 radical (unpaired) electrons. The lowest BCUT2D eigenvalue weighted by atomic mass is 9.98. The lowest BCUT2D eigenvalue weighted by molar-refractivity contribution is -0.154. The molecule has 4 nitrogen and oxygen atoms in total. The van der Waals surface area contributed by atoms with E-state index in [1.54, 1.807) is 32.2 Å². The zero-order valence-corrected chi connectivity index (χ0v) is 9.62. The minimum absolute atomic E-state index is 0.280. The molecule has 0 bridgehead atoms. The Hall–Kier alpha value is -1.55. The molecule has 0 N–H and O–H groups in total. The fraction of sp³-hybridized carbons (Fsp3) is 0.273. The molecular weight excluding hydrogens is 230 g/mol. The van der Waals surface area contributed by atoms with E-state index in [0.717, 1.165) is 0 Å². The molecule has 0 spiro atoms. The van der Waals surface area contributed by atoms with Crippen molar-refractivity contribution in [1.29, 1.82) is 0 Å². The summed E-state index contributed by atoms with van der Waals surface area (Å²) in [6.07, 6.45) is 0. The van der Waals surface area contributed by atoms with Crippen LogP contribution in [0.1, 0.15) is 12.5 Å². The van der Waals surface area contributed by atoms with E-state index in [0.29, 0.717) is 16.3 Å². The van der Waals surface area contributed by atoms with E-state index < -0.39 is 5.60 Å². The maximum atomic E-state index is 12.0. The first-order chi connectivity index (χ1) is 7.50. The summed E-state index contributed by atoms with van der Waals surface area (Å²) >= 11 is 5.87. The van der Waals surface area contributed by atoms with Crippen LogP contribution in [0, 0.1) is 0 Å². The Bertz CT molecular complexity index is 474. The molecular formula is C11H10ClNO3. The van der Waals surface area contributed by atoms with Crippen LogP contribution < -0.4 is 4.90 Å². The summed E-state index contributed by atoms with van der Waals surface area (Å²) < 4.78 is 4.92. The van der Waals surface area contributed by atoms with Crippen molar-refractivity contribution < 1.29 is 14.3 Å². The number of hydrogen-bond donors (Lipinski definition) is 0. The van der Waals surface area contributed by atoms with Crippen molar-refractivity contribution >= 4 is 29.7 Å². The highest BCUT2D eigenvalue weighted by Crippen LogP contribution is 2.42. The average Bonchev–Trinajstić information content (AvgIpc) is 2.42. The molecule has 0 aromatic heterocycles. The Morgan fingerprint density at radius 2 is 2.19 bits per heavy atom. The summed E-state index contributed by atoms with van der Waals surface area (Å²) in [5, 5.41) is 0.502. The quantitative estimate of drug-likeness (QED) is 0.738. The number of amides is 1. The largest absolute Gasteiger partial charge is 0.446 e. The van der Waals surface area contributed by atoms with Gasteiger partial charge in [-0.2, -0.15) is 0 Å². The normalized spacial score (nSPS) is 23.2. The summed E-state index contributed by atoms with van der Waals surface area (Å²) in [4.78, 5) is 23.9. The Morgan fingerprint density at radius 1 is 1.50 bits per heavy atom. The maximum absolute atomic E-state index is 12.0. The van der Waals surface area contributed by atoms with Gasteiger partial charge in [0.05, 0.1) is 5.69 Å². The summed E-state index contributed by atoms with van der Waals surface area (Å²) in [5.41, 5.74) is 0.0508. The second kappa shape index (κ2) is 3.49. The van der Waals surface area contributed by atoms with Crippen LogP contribution in [0.15, 0.2) is 18.2 Å². The number of hydrogen-bond acceptors (Lipinski definition) is 3. The first kappa shape index (κ1) is 11.0. The molecule has 1 atom stereocenters. The van der Waals surface area contributed by atoms with Crippen LogP contribution >= 0.6 is 11.6 Å². The highest BCUT2D eigenvalue weighted by molar-refractivity contribution is 6.31. The zero-order chi connectivity index (χ0) is 11.9. The minimum Gasteiger partial charge on any atom is -0.446 e. The highest BCUT2D eigenvalue weighted by atomic mass is 35.5. The Morgan fingerprint density at radius 3 is 2.81 bits per heavy atom. The molecule has 0 saturated carbocycles. The standard InChI is InChI=1S/C11H10ClNO3/c1-11(16-6-14)8-5-7(12)3-4-9(8)13(2)10(11)15/h3-6H,1-2H3/t11-/m1/s1. The Kier molecular flexibility index (Phi) is 2.39. The lowest BCUT2D eigenvalue weighted by Gasteiger charge is -2.20. The third-order valence-corrected chi connectivity index (χ3v) is 3.07. The number of rotatable bonds is 2. The smallest absolute Gasteiger partial charge is 0.294 e. The van der Waals surface area contributed by atoms with Crippen LogP contribution in [-0.2, 0) is 19.9 Å². The lowest BCUT2D eigenvalue weighted by Crippen LogP contribution is -2.38. The first-order valence-corrected chi connectivity index (χ1v) is 5.08. The van der Waals surface area contributed by atoms with Crippen molar-refractivity contribution in [2.24, 2.45) is 0 Å². The number of carbonyl (C=O) groups is 2. The van der Waals surface area contributed by atoms with Crippen LogP contribution in [0.5, 0.6) is 0 Å². The molecule has 5 heteroatoms. The van der Waals surface area contributed by atoms with E-state index in [9.17, 15) is 9.59 Å². The van der Waals surface area contributed by atoms with Gasteiger partial charge in [0.1, 0.15) is 0 Å². The number of likely N-dealkylation sites (N-methyl/N-ethyl adjacent to an activating group) is 1. The topological polar surface area (TPSA) is 46.6 Å². The van der Waals surface area contributed by atoms with Gasteiger partial charge in [-0.05, 0) is 25.1 Å². The monoisotopic (exact) mass is 239 g/mol. The van der Waals surface area contributed by atoms with Gasteiger partial charge in [-0.25, -0.2) is 0 Å². The van der Waals surface area contributed by atoms with Gasteiger partial charge in [-0.1, -0.05) is 11.6 Å². The van der Waals surface area contributed by atoms with Crippen molar-refractivity contribution in [1.82, 2.24) is 0 Å². The fourth-order valence-electron chi connectivity index (χ4n) is 1.94. The van der Waals surface area contributed by atoms with E-state index in [4.69, 9.17) is 16.3 Å². The minimum atomic E-state index is -1.27. The molecule has 1 aliphatic rings. The van der Waals surface area contributed by atoms with Gasteiger partial charge in [0.15, 0.2) is 0 Å². The van der Waals surface area contributed by atoms with Crippen molar-refractivity contribution in [3.05, 3.63) is 28.8 Å². The SMILES string of the molecule is CN1C(=O)[C@](C)(OC=O)c2cc(Cl)ccc21. The predicted octanol–water partition coefficient (Wildman–Crippen LogP) is 1.70. The van der Waals surface area contributed by atoms with E-state index in [1.807, 2.05) is 0 Å². The van der Waals surface area contributed by atoms with Crippen LogP contribution in [0.25, 0.3) is 0 Å². The molecule has 1 aromatic rings. The number of fused-ring (bicyclic) bond motifs is 1. The number of anilines is 1. The van der Waals surface area contributed by atoms with Gasteiger partial charge in [-0.15, -0.1) is 0 Å². The number of halogens is 1. The van der Waals surface area contributed by atoms with E-state index in [2.05, 4.69) is 0 Å². The third-order valence-electron chi connectivity index (χ3n) is 2.83. The second-order valence-corrected chi connectivity index (χ2v) is 4.21. The zero-order valence-electron chi connectivity index (χ0n) is 8.86. The molecule has 16 heavy (non-hydrogen) atoms. The third kappa shape index (κ3) is 1.30. The van der Waals surface area contributed by atoms with Crippen molar-refractivity contribution in [3.8, 4) is 0 Å². The summed E-state index contributed by atoms with van der Waals surface area (Å²) in [5.74, 6) is -0.281. The maximum Gasteiger partial charge on any atom is 0.294 e. The first-order valence-electron chi connectivity index (χ1n) is 4.70. The van der Waals surface area contributed by atoms with Gasteiger partial charge in [0.25, 0.3) is 12.4 Å². The van der Waals surface area contributed by atoms with Crippen molar-refractivity contribution in [2.45, 2.75) is 12.5 Å². The van der Waals surface area contributed by atoms with E-state index in [-0.39, 0.29) is 12.4 Å². The second-order valence-electron chi connectivity index (χ2n) is 3.77. The van der Waals surface area contributed by atoms with E-state index >= 15 is 0 Å². The van der Waals surface area contributed by atoms with Crippen LogP contribution in [-0.4, -0.2) is 19.4 Å². The number of benzene rings is 1. The number of ether oxygens (including phenoxy) is 1. The van der Waals surface area contributed by atoms with E-state index in [1.165, 1.54) is 4.90 Å². The molecule has 0 saturated heterocycles. The summed E-state index contributed by atoms with van der Waals surface area (Å²) in [7, 11) is 1.63. The molecule has 1 aromatic carbocycles. The molecule has 1 heterocycles. The van der Waals surface area contributed by atoms with Crippen LogP contribution in [0.4, 0.5) is 5.69 Å². The number of carbonyl (C=O) groups excluding carboxylic acids is 2. The van der Waals surface area contributed by atoms with Gasteiger partial charge >= 0.3 is 0 Å². The molecule has 0 fully saturated rings. The Labute approximate surface area is 97.7 Å². The molecule has 1 amide bonds. The summed E-state index contributed by atoms with van der Waals surface area (Å²) in [6.45, 7) is 1.84. The molecule has 0 aliphatic carbocycles. The van der Waals surface area contributed by atoms with Crippen molar-refractivity contribution in [3.63, 3.8) is 0 Å². The summed E-state index contributed by atoms with van der Waals surface area (Å²) in [6, 6.07) is 5.06. The number of nitrogens with zero attached hydrogens (tertiary/aromatic N) is 1. The molecule has 84 valence electrons. The van der Waals surface area contributed by atoms with Gasteiger partial charge in [0.2, 0.25) is 5.60 Å². The Balaban J connectivity index is 2.63. The molecule has 2 rings (SSSR count). The van der Waals surface area contributed by atoms with Gasteiger partial charge in [-0.3, -0.25) is 9.59 Å². The average molecular weight is 240 g/mol. The highest BCUT2D eigenvalue weighted by Gasteiger charge is 2.48. The van der Waals surface area contributed by atoms with Crippen LogP contribution in [0.3, 0.4) is 0 Å². The van der Waals surface area contributed by atoms with Crippen molar-refractivity contribution in [2.75, 3.05) is 11.9 Å². The molecule has 1 aliphatic heterocycles.